The SMILES string of the molecule is CCOC(=O)c1cccc(NC(=O)c2cccc(NS(=O)(=O)c3ccccc3)c2)c1. The molecule has 0 spiro atoms. The van der Waals surface area contributed by atoms with Crippen LogP contribution in [0.5, 0.6) is 0 Å². The number of sulfonamides is 1. The van der Waals surface area contributed by atoms with E-state index in [2.05, 4.69) is 10.0 Å². The minimum absolute atomic E-state index is 0.121. The van der Waals surface area contributed by atoms with Crippen molar-refractivity contribution in [3.8, 4) is 0 Å². The molecule has 1 amide bonds. The average molecular weight is 424 g/mol. The molecule has 3 rings (SSSR count). The highest BCUT2D eigenvalue weighted by atomic mass is 32.2. The van der Waals surface area contributed by atoms with E-state index in [1.165, 1.54) is 24.3 Å². The number of carbonyl (C=O) groups is 2. The number of carbonyl (C=O) groups excluding carboxylic acids is 2. The highest BCUT2D eigenvalue weighted by Gasteiger charge is 2.15. The Labute approximate surface area is 174 Å². The molecule has 0 bridgehead atoms. The van der Waals surface area contributed by atoms with Gasteiger partial charge in [0.1, 0.15) is 0 Å². The lowest BCUT2D eigenvalue weighted by molar-refractivity contribution is 0.0526. The van der Waals surface area contributed by atoms with Crippen molar-refractivity contribution in [3.63, 3.8) is 0 Å². The monoisotopic (exact) mass is 424 g/mol. The van der Waals surface area contributed by atoms with Crippen LogP contribution in [0.4, 0.5) is 11.4 Å². The maximum atomic E-state index is 12.6. The number of rotatable bonds is 7. The third-order valence-electron chi connectivity index (χ3n) is 4.06. The maximum absolute atomic E-state index is 12.6. The number of ether oxygens (including phenoxy) is 1. The first-order valence-corrected chi connectivity index (χ1v) is 10.6. The molecule has 0 saturated heterocycles. The van der Waals surface area contributed by atoms with E-state index in [0.29, 0.717) is 11.3 Å². The van der Waals surface area contributed by atoms with E-state index in [1.54, 1.807) is 61.5 Å². The van der Waals surface area contributed by atoms with Crippen LogP contribution in [-0.2, 0) is 14.8 Å². The second kappa shape index (κ2) is 9.23. The zero-order chi connectivity index (χ0) is 21.6. The summed E-state index contributed by atoms with van der Waals surface area (Å²) >= 11 is 0. The summed E-state index contributed by atoms with van der Waals surface area (Å²) in [6.07, 6.45) is 0. The molecule has 0 heterocycles. The fourth-order valence-electron chi connectivity index (χ4n) is 2.68. The molecule has 3 aromatic rings. The summed E-state index contributed by atoms with van der Waals surface area (Å²) in [5.41, 5.74) is 1.25. The van der Waals surface area contributed by atoms with Crippen LogP contribution in [0.3, 0.4) is 0 Å². The Morgan fingerprint density at radius 3 is 2.17 bits per heavy atom. The van der Waals surface area contributed by atoms with Crippen LogP contribution in [0, 0.1) is 0 Å². The number of esters is 1. The van der Waals surface area contributed by atoms with Gasteiger partial charge in [-0.3, -0.25) is 9.52 Å². The molecule has 3 aromatic carbocycles. The van der Waals surface area contributed by atoms with Crippen molar-refractivity contribution in [2.45, 2.75) is 11.8 Å². The van der Waals surface area contributed by atoms with Gasteiger partial charge in [-0.25, -0.2) is 13.2 Å². The lowest BCUT2D eigenvalue weighted by atomic mass is 10.1. The first-order valence-electron chi connectivity index (χ1n) is 9.15. The molecule has 0 aliphatic carbocycles. The first-order chi connectivity index (χ1) is 14.4. The second-order valence-corrected chi connectivity index (χ2v) is 7.94. The molecular formula is C22H20N2O5S. The van der Waals surface area contributed by atoms with Crippen LogP contribution >= 0.6 is 0 Å². The van der Waals surface area contributed by atoms with Gasteiger partial charge in [-0.15, -0.1) is 0 Å². The Bertz CT molecular complexity index is 1160. The largest absolute Gasteiger partial charge is 0.462 e. The third-order valence-corrected chi connectivity index (χ3v) is 5.46. The van der Waals surface area contributed by atoms with Crippen molar-refractivity contribution in [2.24, 2.45) is 0 Å². The summed E-state index contributed by atoms with van der Waals surface area (Å²) in [6.45, 7) is 1.96. The molecule has 154 valence electrons. The van der Waals surface area contributed by atoms with E-state index in [-0.39, 0.29) is 22.8 Å². The zero-order valence-electron chi connectivity index (χ0n) is 16.2. The maximum Gasteiger partial charge on any atom is 0.338 e. The molecule has 0 fully saturated rings. The van der Waals surface area contributed by atoms with Crippen LogP contribution in [0.1, 0.15) is 27.6 Å². The fourth-order valence-corrected chi connectivity index (χ4v) is 3.75. The van der Waals surface area contributed by atoms with Crippen LogP contribution in [0.2, 0.25) is 0 Å². The topological polar surface area (TPSA) is 102 Å². The Balaban J connectivity index is 1.75. The van der Waals surface area contributed by atoms with Gasteiger partial charge in [-0.05, 0) is 55.5 Å². The summed E-state index contributed by atoms with van der Waals surface area (Å²) in [5, 5.41) is 2.69. The quantitative estimate of drug-likeness (QED) is 0.560. The fraction of sp³-hybridized carbons (Fsp3) is 0.0909. The van der Waals surface area contributed by atoms with E-state index in [1.807, 2.05) is 0 Å². The molecule has 2 N–H and O–H groups in total. The number of nitrogens with one attached hydrogen (secondary N) is 2. The highest BCUT2D eigenvalue weighted by Crippen LogP contribution is 2.19. The molecule has 0 atom stereocenters. The van der Waals surface area contributed by atoms with Crippen molar-refractivity contribution in [3.05, 3.63) is 90.0 Å². The minimum atomic E-state index is -3.77. The summed E-state index contributed by atoms with van der Waals surface area (Å²) < 4.78 is 32.4. The standard InChI is InChI=1S/C22H20N2O5S/c1-2-29-22(26)17-9-7-10-18(15-17)23-21(25)16-8-6-11-19(14-16)24-30(27,28)20-12-4-3-5-13-20/h3-15,24H,2H2,1H3,(H,23,25). The van der Waals surface area contributed by atoms with E-state index in [4.69, 9.17) is 4.74 Å². The average Bonchev–Trinajstić information content (AvgIpc) is 2.74. The van der Waals surface area contributed by atoms with Crippen LogP contribution in [0.25, 0.3) is 0 Å². The summed E-state index contributed by atoms with van der Waals surface area (Å²) in [6, 6.07) is 20.4. The molecular weight excluding hydrogens is 404 g/mol. The van der Waals surface area contributed by atoms with E-state index >= 15 is 0 Å². The normalized spacial score (nSPS) is 10.8. The molecule has 30 heavy (non-hydrogen) atoms. The van der Waals surface area contributed by atoms with Crippen LogP contribution < -0.4 is 10.0 Å². The number of hydrogen-bond acceptors (Lipinski definition) is 5. The summed E-state index contributed by atoms with van der Waals surface area (Å²) in [7, 11) is -3.77. The molecule has 8 heteroatoms. The van der Waals surface area contributed by atoms with Gasteiger partial charge < -0.3 is 10.1 Å². The van der Waals surface area contributed by atoms with E-state index in [0.717, 1.165) is 0 Å². The smallest absolute Gasteiger partial charge is 0.338 e. The van der Waals surface area contributed by atoms with Gasteiger partial charge in [0.2, 0.25) is 0 Å². The van der Waals surface area contributed by atoms with Crippen molar-refractivity contribution < 1.29 is 22.7 Å². The van der Waals surface area contributed by atoms with Gasteiger partial charge >= 0.3 is 5.97 Å². The molecule has 0 aliphatic rings. The van der Waals surface area contributed by atoms with Crippen molar-refractivity contribution in [1.82, 2.24) is 0 Å². The van der Waals surface area contributed by atoms with Crippen molar-refractivity contribution >= 4 is 33.3 Å². The number of hydrogen-bond donors (Lipinski definition) is 2. The molecule has 0 saturated carbocycles. The minimum Gasteiger partial charge on any atom is -0.462 e. The van der Waals surface area contributed by atoms with Crippen molar-refractivity contribution in [1.29, 1.82) is 0 Å². The number of amides is 1. The van der Waals surface area contributed by atoms with Gasteiger partial charge in [-0.1, -0.05) is 30.3 Å². The van der Waals surface area contributed by atoms with E-state index in [9.17, 15) is 18.0 Å². The van der Waals surface area contributed by atoms with Gasteiger partial charge in [0.05, 0.1) is 17.1 Å². The molecule has 0 unspecified atom stereocenters. The number of anilines is 2. The summed E-state index contributed by atoms with van der Waals surface area (Å²) in [4.78, 5) is 24.6. The molecule has 0 radical (unpaired) electrons. The highest BCUT2D eigenvalue weighted by molar-refractivity contribution is 7.92. The van der Waals surface area contributed by atoms with Gasteiger partial charge in [-0.2, -0.15) is 0 Å². The lowest BCUT2D eigenvalue weighted by Gasteiger charge is -2.10. The Morgan fingerprint density at radius 2 is 1.47 bits per heavy atom. The van der Waals surface area contributed by atoms with Crippen LogP contribution in [-0.4, -0.2) is 26.9 Å². The molecule has 7 nitrogen and oxygen atoms in total. The van der Waals surface area contributed by atoms with Crippen LogP contribution in [0.15, 0.2) is 83.8 Å². The Hall–Kier alpha value is -3.65. The van der Waals surface area contributed by atoms with Gasteiger partial charge in [0.25, 0.3) is 15.9 Å². The Morgan fingerprint density at radius 1 is 0.833 bits per heavy atom. The lowest BCUT2D eigenvalue weighted by Crippen LogP contribution is -2.15. The van der Waals surface area contributed by atoms with Crippen molar-refractivity contribution in [2.75, 3.05) is 16.6 Å². The summed E-state index contributed by atoms with van der Waals surface area (Å²) in [5.74, 6) is -0.928. The predicted octanol–water partition coefficient (Wildman–Crippen LogP) is 3.92. The zero-order valence-corrected chi connectivity index (χ0v) is 17.0. The predicted molar refractivity (Wildman–Crippen MR) is 114 cm³/mol. The second-order valence-electron chi connectivity index (χ2n) is 6.25. The van der Waals surface area contributed by atoms with E-state index < -0.39 is 21.9 Å². The third kappa shape index (κ3) is 5.24. The Kier molecular flexibility index (Phi) is 6.48. The first kappa shape index (κ1) is 21.1. The molecule has 0 aromatic heterocycles. The van der Waals surface area contributed by atoms with Gasteiger partial charge in [0, 0.05) is 16.9 Å². The van der Waals surface area contributed by atoms with Gasteiger partial charge in [0.15, 0.2) is 0 Å². The molecule has 0 aliphatic heterocycles. The number of benzene rings is 3.